The second-order valence-electron chi connectivity index (χ2n) is 9.82. The summed E-state index contributed by atoms with van der Waals surface area (Å²) in [6, 6.07) is 12.3. The third-order valence-electron chi connectivity index (χ3n) is 6.16. The summed E-state index contributed by atoms with van der Waals surface area (Å²) < 4.78 is 0. The molecule has 2 aromatic carbocycles. The van der Waals surface area contributed by atoms with E-state index in [1.807, 2.05) is 24.3 Å². The fourth-order valence-electron chi connectivity index (χ4n) is 4.26. The van der Waals surface area contributed by atoms with Gasteiger partial charge in [0.05, 0.1) is 0 Å². The first-order valence-electron chi connectivity index (χ1n) is 10.3. The second kappa shape index (κ2) is 7.31. The van der Waals surface area contributed by atoms with Crippen molar-refractivity contribution in [1.82, 2.24) is 0 Å². The molecule has 2 aliphatic rings. The lowest BCUT2D eigenvalue weighted by Crippen LogP contribution is -2.17. The van der Waals surface area contributed by atoms with Crippen molar-refractivity contribution in [3.05, 3.63) is 69.8 Å². The van der Waals surface area contributed by atoms with Gasteiger partial charge in [0.25, 0.3) is 0 Å². The SMILES string of the molecule is CC(=O)c1cc(C(C)(C)C)cc2c1CCC2(C)C.O=C1CCc2ccccc21. The maximum absolute atomic E-state index is 11.9. The first-order chi connectivity index (χ1) is 13.0. The minimum Gasteiger partial charge on any atom is -0.295 e. The van der Waals surface area contributed by atoms with Gasteiger partial charge in [-0.25, -0.2) is 0 Å². The highest BCUT2D eigenvalue weighted by Crippen LogP contribution is 2.42. The van der Waals surface area contributed by atoms with E-state index in [0.717, 1.165) is 30.4 Å². The van der Waals surface area contributed by atoms with Crippen LogP contribution in [0.2, 0.25) is 0 Å². The van der Waals surface area contributed by atoms with Gasteiger partial charge in [0.2, 0.25) is 0 Å². The standard InChI is InChI=1S/C17H24O.C9H8O/c1-11(18)14-9-12(16(2,3)4)10-15-13(14)7-8-17(15,5)6;10-9-6-5-7-3-1-2-4-8(7)9/h9-10H,7-8H2,1-6H3;1-4H,5-6H2. The topological polar surface area (TPSA) is 34.1 Å². The summed E-state index contributed by atoms with van der Waals surface area (Å²) in [5.41, 5.74) is 7.36. The van der Waals surface area contributed by atoms with E-state index in [0.29, 0.717) is 12.2 Å². The van der Waals surface area contributed by atoms with Crippen molar-refractivity contribution in [2.75, 3.05) is 0 Å². The zero-order chi connectivity index (χ0) is 20.7. The van der Waals surface area contributed by atoms with Gasteiger partial charge in [0.15, 0.2) is 11.6 Å². The average Bonchev–Trinajstić information content (AvgIpc) is 3.14. The smallest absolute Gasteiger partial charge is 0.163 e. The van der Waals surface area contributed by atoms with E-state index in [4.69, 9.17) is 0 Å². The fraction of sp³-hybridized carbons (Fsp3) is 0.462. The normalized spacial score (nSPS) is 16.9. The van der Waals surface area contributed by atoms with Gasteiger partial charge in [-0.3, -0.25) is 9.59 Å². The molecule has 2 aliphatic carbocycles. The predicted molar refractivity (Wildman–Crippen MR) is 116 cm³/mol. The van der Waals surface area contributed by atoms with Crippen molar-refractivity contribution in [1.29, 1.82) is 0 Å². The molecule has 0 saturated carbocycles. The number of rotatable bonds is 1. The Balaban J connectivity index is 0.000000188. The van der Waals surface area contributed by atoms with Crippen LogP contribution < -0.4 is 0 Å². The Morgan fingerprint density at radius 2 is 1.68 bits per heavy atom. The maximum Gasteiger partial charge on any atom is 0.163 e. The van der Waals surface area contributed by atoms with Crippen LogP contribution in [0.3, 0.4) is 0 Å². The van der Waals surface area contributed by atoms with Gasteiger partial charge in [-0.15, -0.1) is 0 Å². The summed E-state index contributed by atoms with van der Waals surface area (Å²) in [5, 5.41) is 0. The maximum atomic E-state index is 11.9. The average molecular weight is 377 g/mol. The van der Waals surface area contributed by atoms with Gasteiger partial charge >= 0.3 is 0 Å². The Labute approximate surface area is 169 Å². The molecule has 4 rings (SSSR count). The van der Waals surface area contributed by atoms with Crippen LogP contribution in [0.4, 0.5) is 0 Å². The minimum absolute atomic E-state index is 0.0951. The summed E-state index contributed by atoms with van der Waals surface area (Å²) in [7, 11) is 0. The molecule has 0 aromatic heterocycles. The fourth-order valence-corrected chi connectivity index (χ4v) is 4.26. The van der Waals surface area contributed by atoms with Crippen molar-refractivity contribution in [2.45, 2.75) is 78.1 Å². The Morgan fingerprint density at radius 1 is 1.00 bits per heavy atom. The van der Waals surface area contributed by atoms with Crippen molar-refractivity contribution in [3.63, 3.8) is 0 Å². The monoisotopic (exact) mass is 376 g/mol. The molecule has 28 heavy (non-hydrogen) atoms. The molecule has 0 N–H and O–H groups in total. The first kappa shape index (κ1) is 20.5. The molecule has 148 valence electrons. The van der Waals surface area contributed by atoms with Gasteiger partial charge in [0.1, 0.15) is 0 Å². The third kappa shape index (κ3) is 3.97. The van der Waals surface area contributed by atoms with Gasteiger partial charge < -0.3 is 0 Å². The molecule has 0 unspecified atom stereocenters. The number of carbonyl (C=O) groups excluding carboxylic acids is 2. The van der Waals surface area contributed by atoms with Crippen LogP contribution in [0, 0.1) is 0 Å². The van der Waals surface area contributed by atoms with Crippen LogP contribution in [-0.4, -0.2) is 11.6 Å². The van der Waals surface area contributed by atoms with E-state index in [1.54, 1.807) is 6.92 Å². The number of benzene rings is 2. The van der Waals surface area contributed by atoms with Crippen molar-refractivity contribution >= 4 is 11.6 Å². The number of ketones is 2. The lowest BCUT2D eigenvalue weighted by atomic mass is 9.79. The molecule has 0 amide bonds. The number of carbonyl (C=O) groups is 2. The molecule has 0 aliphatic heterocycles. The number of fused-ring (bicyclic) bond motifs is 2. The molecule has 0 heterocycles. The Morgan fingerprint density at radius 3 is 2.29 bits per heavy atom. The molecule has 0 saturated heterocycles. The molecule has 2 aromatic rings. The predicted octanol–water partition coefficient (Wildman–Crippen LogP) is 6.23. The molecular weight excluding hydrogens is 344 g/mol. The van der Waals surface area contributed by atoms with Crippen LogP contribution in [-0.2, 0) is 23.7 Å². The van der Waals surface area contributed by atoms with Gasteiger partial charge in [-0.1, -0.05) is 65.0 Å². The summed E-state index contributed by atoms with van der Waals surface area (Å²) >= 11 is 0. The van der Waals surface area contributed by atoms with E-state index in [9.17, 15) is 9.59 Å². The number of hydrogen-bond donors (Lipinski definition) is 0. The zero-order valence-electron chi connectivity index (χ0n) is 18.1. The number of aryl methyl sites for hydroxylation is 1. The Kier molecular flexibility index (Phi) is 5.36. The van der Waals surface area contributed by atoms with E-state index in [2.05, 4.69) is 46.8 Å². The van der Waals surface area contributed by atoms with Crippen LogP contribution in [0.5, 0.6) is 0 Å². The third-order valence-corrected chi connectivity index (χ3v) is 6.16. The van der Waals surface area contributed by atoms with Crippen LogP contribution >= 0.6 is 0 Å². The van der Waals surface area contributed by atoms with Crippen molar-refractivity contribution in [3.8, 4) is 0 Å². The van der Waals surface area contributed by atoms with Gasteiger partial charge in [-0.2, -0.15) is 0 Å². The van der Waals surface area contributed by atoms with Crippen molar-refractivity contribution < 1.29 is 9.59 Å². The largest absolute Gasteiger partial charge is 0.295 e. The van der Waals surface area contributed by atoms with E-state index in [1.165, 1.54) is 22.3 Å². The summed E-state index contributed by atoms with van der Waals surface area (Å²) in [4.78, 5) is 23.0. The van der Waals surface area contributed by atoms with Crippen molar-refractivity contribution in [2.24, 2.45) is 0 Å². The lowest BCUT2D eigenvalue weighted by molar-refractivity contribution is 0.0991. The van der Waals surface area contributed by atoms with Gasteiger partial charge in [-0.05, 0) is 65.3 Å². The molecule has 0 fully saturated rings. The van der Waals surface area contributed by atoms with E-state index < -0.39 is 0 Å². The highest BCUT2D eigenvalue weighted by Gasteiger charge is 2.33. The quantitative estimate of drug-likeness (QED) is 0.553. The molecule has 0 spiro atoms. The van der Waals surface area contributed by atoms with E-state index >= 15 is 0 Å². The zero-order valence-corrected chi connectivity index (χ0v) is 18.1. The Bertz CT molecular complexity index is 926. The number of Topliss-reactive ketones (excluding diaryl/α,β-unsaturated/α-hetero) is 2. The van der Waals surface area contributed by atoms with Crippen LogP contribution in [0.15, 0.2) is 36.4 Å². The summed E-state index contributed by atoms with van der Waals surface area (Å²) in [6.45, 7) is 12.9. The number of hydrogen-bond acceptors (Lipinski definition) is 2. The Hall–Kier alpha value is -2.22. The summed E-state index contributed by atoms with van der Waals surface area (Å²) in [6.07, 6.45) is 3.84. The molecule has 0 bridgehead atoms. The molecule has 0 radical (unpaired) electrons. The van der Waals surface area contributed by atoms with Crippen LogP contribution in [0.1, 0.15) is 97.4 Å². The molecule has 0 atom stereocenters. The lowest BCUT2D eigenvalue weighted by Gasteiger charge is -2.25. The highest BCUT2D eigenvalue weighted by molar-refractivity contribution is 6.00. The molecular formula is C26H32O2. The van der Waals surface area contributed by atoms with E-state index in [-0.39, 0.29) is 16.6 Å². The minimum atomic E-state index is 0.0951. The first-order valence-corrected chi connectivity index (χ1v) is 10.3. The molecule has 2 heteroatoms. The molecule has 2 nitrogen and oxygen atoms in total. The second-order valence-corrected chi connectivity index (χ2v) is 9.82. The van der Waals surface area contributed by atoms with Gasteiger partial charge in [0, 0.05) is 17.5 Å². The highest BCUT2D eigenvalue weighted by atomic mass is 16.1. The van der Waals surface area contributed by atoms with Crippen LogP contribution in [0.25, 0.3) is 0 Å². The summed E-state index contributed by atoms with van der Waals surface area (Å²) in [5.74, 6) is 0.505.